The minimum absolute atomic E-state index is 0.0794. The van der Waals surface area contributed by atoms with Gasteiger partial charge >= 0.3 is 5.97 Å². The number of aliphatic carboxylic acids is 1. The fraction of sp³-hybridized carbons (Fsp3) is 0.478. The molecule has 0 aliphatic carbocycles. The molecule has 0 unspecified atom stereocenters. The number of aliphatic hydroxyl groups excluding tert-OH is 1. The number of phenolic OH excluding ortho intramolecular Hbond substituents is 1. The molecule has 0 spiro atoms. The van der Waals surface area contributed by atoms with Gasteiger partial charge in [0, 0.05) is 131 Å². The smallest absolute Gasteiger partial charge is 0.303 e. The van der Waals surface area contributed by atoms with Crippen LogP contribution in [-0.4, -0.2) is 271 Å². The van der Waals surface area contributed by atoms with Crippen LogP contribution in [0.25, 0.3) is 21.7 Å². The maximum absolute atomic E-state index is 15.8. The molecule has 17 amide bonds. The molecule has 0 bridgehead atoms. The van der Waals surface area contributed by atoms with Crippen LogP contribution < -0.4 is 96.8 Å². The maximum atomic E-state index is 15.8. The van der Waals surface area contributed by atoms with Crippen molar-refractivity contribution < 1.29 is 111 Å². The highest BCUT2D eigenvalue weighted by molar-refractivity contribution is 7.82. The van der Waals surface area contributed by atoms with Crippen LogP contribution in [0.3, 0.4) is 0 Å². The number of aromatic amines is 1. The van der Waals surface area contributed by atoms with Crippen molar-refractivity contribution in [1.29, 1.82) is 0 Å². The van der Waals surface area contributed by atoms with E-state index in [0.29, 0.717) is 49.7 Å². The summed E-state index contributed by atoms with van der Waals surface area (Å²) >= 11 is 9.24. The molecule has 0 saturated carbocycles. The lowest BCUT2D eigenvalue weighted by Gasteiger charge is -2.38. The molecule has 3 heterocycles. The molecular formula is C90H122N20O23S2. The Morgan fingerprint density at radius 1 is 0.563 bits per heavy atom. The molecular weight excluding hydrogens is 1790 g/mol. The van der Waals surface area contributed by atoms with Gasteiger partial charge in [0.2, 0.25) is 100 Å². The van der Waals surface area contributed by atoms with Gasteiger partial charge in [-0.2, -0.15) is 25.3 Å². The average molecular weight is 1920 g/mol. The molecule has 1 saturated heterocycles. The zero-order valence-electron chi connectivity index (χ0n) is 76.4. The normalized spacial score (nSPS) is 15.1. The second kappa shape index (κ2) is 50.5. The molecule has 4 aromatic carbocycles. The van der Waals surface area contributed by atoms with Crippen molar-refractivity contribution >= 4 is 153 Å². The molecule has 6 aromatic rings. The van der Waals surface area contributed by atoms with Crippen molar-refractivity contribution in [2.75, 3.05) is 46.5 Å². The molecule has 7 rings (SSSR count). The predicted octanol–water partition coefficient (Wildman–Crippen LogP) is -2.98. The predicted molar refractivity (Wildman–Crippen MR) is 498 cm³/mol. The van der Waals surface area contributed by atoms with E-state index in [2.05, 4.69) is 91.7 Å². The molecule has 0 radical (unpaired) electrons. The van der Waals surface area contributed by atoms with Crippen LogP contribution >= 0.6 is 25.3 Å². The zero-order chi connectivity index (χ0) is 99.9. The second-order valence-electron chi connectivity index (χ2n) is 34.3. The number of H-pyrrole nitrogens is 1. The Morgan fingerprint density at radius 2 is 1.08 bits per heavy atom. The monoisotopic (exact) mass is 1910 g/mol. The lowest BCUT2D eigenvalue weighted by atomic mass is 9.87. The van der Waals surface area contributed by atoms with Crippen molar-refractivity contribution in [1.82, 2.24) is 84.0 Å². The van der Waals surface area contributed by atoms with Crippen LogP contribution in [0, 0.1) is 6.92 Å². The van der Waals surface area contributed by atoms with Crippen molar-refractivity contribution in [2.45, 2.75) is 226 Å². The first-order valence-corrected chi connectivity index (χ1v) is 44.4. The van der Waals surface area contributed by atoms with Gasteiger partial charge in [0.25, 0.3) is 0 Å². The number of rotatable bonds is 52. The summed E-state index contributed by atoms with van der Waals surface area (Å²) in [6, 6.07) is 4.81. The minimum atomic E-state index is -2.10. The van der Waals surface area contributed by atoms with E-state index < -0.39 is 233 Å². The number of aromatic nitrogens is 2. The number of carboxylic acids is 1. The van der Waals surface area contributed by atoms with Crippen LogP contribution in [0.15, 0.2) is 110 Å². The number of hydrogen-bond acceptors (Lipinski definition) is 26. The van der Waals surface area contributed by atoms with Gasteiger partial charge in [-0.3, -0.25) is 91.3 Å². The number of thiol groups is 2. The van der Waals surface area contributed by atoms with Crippen LogP contribution in [-0.2, 0) is 117 Å². The first-order valence-electron chi connectivity index (χ1n) is 43.5. The summed E-state index contributed by atoms with van der Waals surface area (Å²) < 4.78 is 8.55. The van der Waals surface area contributed by atoms with Crippen molar-refractivity contribution in [3.05, 3.63) is 137 Å². The van der Waals surface area contributed by atoms with Gasteiger partial charge in [-0.25, -0.2) is 0 Å². The van der Waals surface area contributed by atoms with Gasteiger partial charge in [-0.05, 0) is 136 Å². The molecule has 25 N–H and O–H groups in total. The molecule has 1 aliphatic rings. The first-order chi connectivity index (χ1) is 63.5. The standard InChI is InChI=1S/C90H122N20O23S2/c1-47-14-12-16-59-56(45-97-72(47)59)41-64(102-83(127)73(48(2)111)107-81(125)66(43-69(93)116)104-84(128)74(88(5,6)134)98-50(4)113)79(123)99-60(17-10-11-32-96-49(3)112)77(121)108-75(89(7,8)135)85(129)103-62(37-51-19-24-58(25-20-51)133-35-30-91)78(122)100-63(38-52-18-21-55-40-57(114)23-22-54(55)36-52)82(126)109-90(28-33-132-34-29-90)87(131)106-61(26-27-71(118)119)76(120)101-65(42-68(92)115)80(124)105-67(39-53-15-13-31-95-44-53)86(130)110(9)46-70(94)117/h12-16,18-25,31,36,40,44-45,48,60-67,73-75,97,111,114,134-135H,10-11,17,26-30,32-35,37-39,41-43,46,91H2,1-9H3,(H2,92,115)(H2,93,116)(H2,94,117)(H,96,112)(H,98,113)(H,99,123)(H,100,122)(H,101,120)(H,102,127)(H,103,129)(H,104,128)(H,105,124)(H,106,131)(H,107,125)(H,108,121)(H,109,126)(H,118,119)/t48-,60+,61+,62+,63+,64+,65+,66+,67+,73+,74-,75-/m1/s1. The molecule has 1 fully saturated rings. The highest BCUT2D eigenvalue weighted by Crippen LogP contribution is 2.29. The lowest BCUT2D eigenvalue weighted by molar-refractivity contribution is -0.142. The summed E-state index contributed by atoms with van der Waals surface area (Å²) in [5.41, 5.74) is 23.2. The van der Waals surface area contributed by atoms with Crippen molar-refractivity contribution in [3.8, 4) is 11.5 Å². The fourth-order valence-electron chi connectivity index (χ4n) is 14.9. The highest BCUT2D eigenvalue weighted by atomic mass is 32.1. The van der Waals surface area contributed by atoms with Crippen molar-refractivity contribution in [3.63, 3.8) is 0 Å². The number of carbonyl (C=O) groups is 18. The number of ether oxygens (including phenoxy) is 2. The largest absolute Gasteiger partial charge is 0.508 e. The summed E-state index contributed by atoms with van der Waals surface area (Å²) in [6.45, 7) is 10.5. The zero-order valence-corrected chi connectivity index (χ0v) is 78.1. The van der Waals surface area contributed by atoms with Gasteiger partial charge in [0.05, 0.1) is 25.5 Å². The van der Waals surface area contributed by atoms with E-state index in [1.54, 1.807) is 79.0 Å². The molecule has 2 aromatic heterocycles. The third kappa shape index (κ3) is 33.9. The number of nitrogens with one attached hydrogen (secondary N) is 14. The number of carbonyl (C=O) groups excluding carboxylic acids is 17. The first kappa shape index (κ1) is 108. The highest BCUT2D eigenvalue weighted by Gasteiger charge is 2.47. The number of pyridine rings is 1. The fourth-order valence-corrected chi connectivity index (χ4v) is 15.3. The Balaban J connectivity index is 1.25. The number of aryl methyl sites for hydroxylation is 1. The number of aromatic hydroxyl groups is 1. The number of hydrogen-bond donors (Lipinski definition) is 23. The molecule has 45 heteroatoms. The van der Waals surface area contributed by atoms with Gasteiger partial charge < -0.3 is 127 Å². The third-order valence-electron chi connectivity index (χ3n) is 22.0. The van der Waals surface area contributed by atoms with E-state index in [0.717, 1.165) is 24.3 Å². The van der Waals surface area contributed by atoms with Crippen LogP contribution in [0.5, 0.6) is 11.5 Å². The Kier molecular flexibility index (Phi) is 40.6. The van der Waals surface area contributed by atoms with E-state index in [9.17, 15) is 72.9 Å². The molecule has 43 nitrogen and oxygen atoms in total. The summed E-state index contributed by atoms with van der Waals surface area (Å²) in [6.07, 6.45) is -2.70. The Hall–Kier alpha value is -13.5. The number of unbranched alkanes of at least 4 members (excludes halogenated alkanes) is 1. The quantitative estimate of drug-likeness (QED) is 0.0134. The number of nitrogens with two attached hydrogens (primary N) is 4. The summed E-state index contributed by atoms with van der Waals surface area (Å²) in [5, 5.41) is 66.9. The van der Waals surface area contributed by atoms with Gasteiger partial charge in [0.15, 0.2) is 0 Å². The summed E-state index contributed by atoms with van der Waals surface area (Å²) in [7, 11) is 1.23. The van der Waals surface area contributed by atoms with Crippen LogP contribution in [0.2, 0.25) is 0 Å². The number of primary amides is 3. The molecule has 135 heavy (non-hydrogen) atoms. The Morgan fingerprint density at radius 3 is 1.67 bits per heavy atom. The summed E-state index contributed by atoms with van der Waals surface area (Å²) in [5.74, 6) is -18.5. The number of phenols is 1. The lowest BCUT2D eigenvalue weighted by Crippen LogP contribution is -2.67. The second-order valence-corrected chi connectivity index (χ2v) is 36.6. The number of amides is 17. The average Bonchev–Trinajstić information content (AvgIpc) is 1.53. The van der Waals surface area contributed by atoms with E-state index in [1.165, 1.54) is 66.2 Å². The van der Waals surface area contributed by atoms with Crippen LogP contribution in [0.1, 0.15) is 134 Å². The van der Waals surface area contributed by atoms with Gasteiger partial charge in [-0.1, -0.05) is 60.7 Å². The minimum Gasteiger partial charge on any atom is -0.508 e. The number of para-hydroxylation sites is 1. The van der Waals surface area contributed by atoms with E-state index in [4.69, 9.17) is 45.0 Å². The SMILES string of the molecule is CC(=O)NCCCC[C@H](NC(=O)[C@H](Cc1c[nH]c2c(C)cccc12)NC(=O)[C@@H](NC(=O)[C@H](CC(N)=O)NC(=O)[C@@H](NC(C)=O)C(C)(C)S)[C@@H](C)O)C(=O)N[C@H](C(=O)N[C@@H](Cc1ccc(OCCN)cc1)C(=O)N[C@@H](Cc1ccc2cc(O)ccc2c1)C(=O)NC1(C(=O)N[C@@H](CCC(=O)O)C(=O)N[C@@H](CC(N)=O)C(=O)N[C@@H](Cc2cccnc2)C(=O)N(C)CC(N)=O)CCOCC1)C(C)(C)S. The van der Waals surface area contributed by atoms with E-state index >= 15 is 28.8 Å². The Bertz CT molecular complexity index is 5280. The van der Waals surface area contributed by atoms with Gasteiger partial charge in [0.1, 0.15) is 90.1 Å². The number of nitrogens with zero attached hydrogens (tertiary/aromatic N) is 2. The topological polar surface area (TPSA) is 679 Å². The molecule has 12 atom stereocenters. The number of carboxylic acid groups (broad SMARTS) is 1. The maximum Gasteiger partial charge on any atom is 0.303 e. The number of fused-ring (bicyclic) bond motifs is 2. The van der Waals surface area contributed by atoms with E-state index in [-0.39, 0.29) is 89.5 Å². The number of likely N-dealkylation sites (N-methyl/N-ethyl adjacent to an activating group) is 1. The number of benzene rings is 4. The molecule has 1 aliphatic heterocycles. The third-order valence-corrected chi connectivity index (χ3v) is 22.5. The Labute approximate surface area is 789 Å². The van der Waals surface area contributed by atoms with Crippen LogP contribution in [0.4, 0.5) is 0 Å². The van der Waals surface area contributed by atoms with Crippen molar-refractivity contribution in [2.24, 2.45) is 22.9 Å². The van der Waals surface area contributed by atoms with E-state index in [1.807, 2.05) is 13.0 Å². The number of aliphatic hydroxyl groups is 1. The molecule has 732 valence electrons. The van der Waals surface area contributed by atoms with Gasteiger partial charge in [-0.15, -0.1) is 0 Å². The summed E-state index contributed by atoms with van der Waals surface area (Å²) in [4.78, 5) is 261.